The molecule has 0 saturated heterocycles. The quantitative estimate of drug-likeness (QED) is 0.671. The summed E-state index contributed by atoms with van der Waals surface area (Å²) in [5.74, 6) is 0. The van der Waals surface area contributed by atoms with Crippen LogP contribution in [0.25, 0.3) is 0 Å². The van der Waals surface area contributed by atoms with Crippen molar-refractivity contribution < 1.29 is 9.90 Å². The molecular weight excluding hydrogens is 156 g/mol. The Morgan fingerprint density at radius 2 is 2.08 bits per heavy atom. The summed E-state index contributed by atoms with van der Waals surface area (Å²) >= 11 is 0. The Kier molecular flexibility index (Phi) is 4.03. The van der Waals surface area contributed by atoms with Gasteiger partial charge >= 0.3 is 6.09 Å². The molecule has 0 unspecified atom stereocenters. The summed E-state index contributed by atoms with van der Waals surface area (Å²) in [5, 5.41) is 8.82. The van der Waals surface area contributed by atoms with Crippen molar-refractivity contribution in [1.82, 2.24) is 4.90 Å². The number of rotatable bonds is 4. The average molecular weight is 174 g/mol. The van der Waals surface area contributed by atoms with Gasteiger partial charge in [-0.15, -0.1) is 0 Å². The second-order valence-electron chi connectivity index (χ2n) is 3.38. The Labute approximate surface area is 73.3 Å². The van der Waals surface area contributed by atoms with Crippen molar-refractivity contribution >= 4 is 6.09 Å². The Morgan fingerprint density at radius 3 is 2.33 bits per heavy atom. The fraction of sp³-hybridized carbons (Fsp3) is 0.875. The first-order valence-corrected chi connectivity index (χ1v) is 4.16. The molecule has 4 heteroatoms. The summed E-state index contributed by atoms with van der Waals surface area (Å²) in [6, 6.07) is 0. The van der Waals surface area contributed by atoms with Gasteiger partial charge in [-0.3, -0.25) is 0 Å². The molecule has 0 aliphatic rings. The van der Waals surface area contributed by atoms with Gasteiger partial charge in [-0.2, -0.15) is 0 Å². The minimum atomic E-state index is -0.879. The number of amides is 1. The standard InChI is InChI=1S/C8H18N2O2/c1-4-10(7(11)12)8(2,3)5-6-9/h4-6,9H2,1-3H3,(H,11,12). The molecule has 12 heavy (non-hydrogen) atoms. The van der Waals surface area contributed by atoms with Gasteiger partial charge in [0.15, 0.2) is 0 Å². The van der Waals surface area contributed by atoms with Crippen molar-refractivity contribution in [1.29, 1.82) is 0 Å². The number of nitrogens with zero attached hydrogens (tertiary/aromatic N) is 1. The molecule has 0 fully saturated rings. The van der Waals surface area contributed by atoms with E-state index in [1.165, 1.54) is 4.90 Å². The number of hydrogen-bond donors (Lipinski definition) is 2. The highest BCUT2D eigenvalue weighted by Gasteiger charge is 2.28. The monoisotopic (exact) mass is 174 g/mol. The van der Waals surface area contributed by atoms with Crippen molar-refractivity contribution in [3.8, 4) is 0 Å². The van der Waals surface area contributed by atoms with E-state index in [9.17, 15) is 4.79 Å². The van der Waals surface area contributed by atoms with Crippen LogP contribution in [0.2, 0.25) is 0 Å². The van der Waals surface area contributed by atoms with E-state index in [1.54, 1.807) is 0 Å². The van der Waals surface area contributed by atoms with Crippen LogP contribution in [0.5, 0.6) is 0 Å². The first-order valence-electron chi connectivity index (χ1n) is 4.16. The van der Waals surface area contributed by atoms with Gasteiger partial charge in [-0.1, -0.05) is 0 Å². The molecule has 0 rings (SSSR count). The minimum Gasteiger partial charge on any atom is -0.465 e. The van der Waals surface area contributed by atoms with E-state index in [-0.39, 0.29) is 5.54 Å². The molecule has 4 nitrogen and oxygen atoms in total. The van der Waals surface area contributed by atoms with Crippen molar-refractivity contribution in [2.24, 2.45) is 5.73 Å². The summed E-state index contributed by atoms with van der Waals surface area (Å²) in [5.41, 5.74) is 5.04. The molecule has 0 spiro atoms. The molecule has 72 valence electrons. The Balaban J connectivity index is 4.36. The van der Waals surface area contributed by atoms with Crippen LogP contribution < -0.4 is 5.73 Å². The highest BCUT2D eigenvalue weighted by molar-refractivity contribution is 5.65. The summed E-state index contributed by atoms with van der Waals surface area (Å²) < 4.78 is 0. The van der Waals surface area contributed by atoms with E-state index in [0.717, 1.165) is 0 Å². The highest BCUT2D eigenvalue weighted by Crippen LogP contribution is 2.17. The highest BCUT2D eigenvalue weighted by atomic mass is 16.4. The molecule has 0 aliphatic carbocycles. The summed E-state index contributed by atoms with van der Waals surface area (Å²) in [4.78, 5) is 12.1. The molecule has 0 aliphatic heterocycles. The first kappa shape index (κ1) is 11.2. The summed E-state index contributed by atoms with van der Waals surface area (Å²) in [6.45, 7) is 6.61. The SMILES string of the molecule is CCN(C(=O)O)C(C)(C)CCN. The first-order chi connectivity index (χ1) is 5.45. The van der Waals surface area contributed by atoms with Crippen LogP contribution in [-0.2, 0) is 0 Å². The van der Waals surface area contributed by atoms with Gasteiger partial charge < -0.3 is 15.7 Å². The number of hydrogen-bond acceptors (Lipinski definition) is 2. The number of nitrogens with two attached hydrogens (primary N) is 1. The van der Waals surface area contributed by atoms with Crippen molar-refractivity contribution in [3.05, 3.63) is 0 Å². The van der Waals surface area contributed by atoms with Crippen molar-refractivity contribution in [2.75, 3.05) is 13.1 Å². The van der Waals surface area contributed by atoms with Crippen LogP contribution in [0, 0.1) is 0 Å². The van der Waals surface area contributed by atoms with Gasteiger partial charge in [-0.05, 0) is 33.7 Å². The predicted octanol–water partition coefficient (Wildman–Crippen LogP) is 1.11. The molecule has 1 amide bonds. The van der Waals surface area contributed by atoms with E-state index >= 15 is 0 Å². The minimum absolute atomic E-state index is 0.352. The van der Waals surface area contributed by atoms with Crippen LogP contribution in [0.3, 0.4) is 0 Å². The number of carbonyl (C=O) groups is 1. The molecule has 0 aromatic rings. The van der Waals surface area contributed by atoms with Crippen molar-refractivity contribution in [3.63, 3.8) is 0 Å². The molecule has 0 heterocycles. The van der Waals surface area contributed by atoms with Crippen LogP contribution in [-0.4, -0.2) is 34.7 Å². The Hall–Kier alpha value is -0.770. The molecule has 0 atom stereocenters. The Morgan fingerprint density at radius 1 is 1.58 bits per heavy atom. The lowest BCUT2D eigenvalue weighted by atomic mass is 9.99. The van der Waals surface area contributed by atoms with E-state index < -0.39 is 6.09 Å². The van der Waals surface area contributed by atoms with Gasteiger partial charge in [0, 0.05) is 12.1 Å². The van der Waals surface area contributed by atoms with Gasteiger partial charge in [-0.25, -0.2) is 4.79 Å². The topological polar surface area (TPSA) is 66.6 Å². The maximum Gasteiger partial charge on any atom is 0.407 e. The molecule has 0 aromatic carbocycles. The van der Waals surface area contributed by atoms with Gasteiger partial charge in [0.1, 0.15) is 0 Å². The zero-order valence-electron chi connectivity index (χ0n) is 8.00. The zero-order valence-corrected chi connectivity index (χ0v) is 8.00. The summed E-state index contributed by atoms with van der Waals surface area (Å²) in [6.07, 6.45) is -0.191. The third kappa shape index (κ3) is 2.70. The fourth-order valence-corrected chi connectivity index (χ4v) is 1.31. The van der Waals surface area contributed by atoms with Crippen LogP contribution in [0.15, 0.2) is 0 Å². The van der Waals surface area contributed by atoms with Crippen molar-refractivity contribution in [2.45, 2.75) is 32.7 Å². The van der Waals surface area contributed by atoms with Crippen LogP contribution in [0.4, 0.5) is 4.79 Å². The summed E-state index contributed by atoms with van der Waals surface area (Å²) in [7, 11) is 0. The molecule has 0 saturated carbocycles. The maximum atomic E-state index is 10.7. The zero-order chi connectivity index (χ0) is 9.78. The maximum absolute atomic E-state index is 10.7. The molecule has 0 bridgehead atoms. The van der Waals surface area contributed by atoms with Gasteiger partial charge in [0.25, 0.3) is 0 Å². The lowest BCUT2D eigenvalue weighted by molar-refractivity contribution is 0.0928. The van der Waals surface area contributed by atoms with Crippen LogP contribution >= 0.6 is 0 Å². The molecule has 0 radical (unpaired) electrons. The second kappa shape index (κ2) is 4.30. The largest absolute Gasteiger partial charge is 0.465 e. The van der Waals surface area contributed by atoms with Gasteiger partial charge in [0.2, 0.25) is 0 Å². The average Bonchev–Trinajstić information content (AvgIpc) is 1.86. The fourth-order valence-electron chi connectivity index (χ4n) is 1.31. The third-order valence-corrected chi connectivity index (χ3v) is 2.03. The van der Waals surface area contributed by atoms with E-state index in [2.05, 4.69) is 0 Å². The smallest absolute Gasteiger partial charge is 0.407 e. The lowest BCUT2D eigenvalue weighted by Crippen LogP contribution is -2.48. The molecule has 0 aromatic heterocycles. The van der Waals surface area contributed by atoms with E-state index in [4.69, 9.17) is 10.8 Å². The third-order valence-electron chi connectivity index (χ3n) is 2.03. The lowest BCUT2D eigenvalue weighted by Gasteiger charge is -2.35. The van der Waals surface area contributed by atoms with E-state index in [0.29, 0.717) is 19.5 Å². The molecular formula is C8H18N2O2. The number of carboxylic acid groups (broad SMARTS) is 1. The molecule has 3 N–H and O–H groups in total. The van der Waals surface area contributed by atoms with Gasteiger partial charge in [0.05, 0.1) is 0 Å². The van der Waals surface area contributed by atoms with Crippen LogP contribution in [0.1, 0.15) is 27.2 Å². The normalized spacial score (nSPS) is 11.3. The predicted molar refractivity (Wildman–Crippen MR) is 48.2 cm³/mol. The van der Waals surface area contributed by atoms with E-state index in [1.807, 2.05) is 20.8 Å². The Bertz CT molecular complexity index is 157. The second-order valence-corrected chi connectivity index (χ2v) is 3.38.